The maximum atomic E-state index is 12.6. The minimum Gasteiger partial charge on any atom is -0.484 e. The molecule has 2 amide bonds. The molecule has 2 fully saturated rings. The number of carboxylic acid groups (broad SMARTS) is 1. The van der Waals surface area contributed by atoms with Crippen LogP contribution in [0.2, 0.25) is 0 Å². The first-order valence-corrected chi connectivity index (χ1v) is 10.0. The summed E-state index contributed by atoms with van der Waals surface area (Å²) in [6.45, 7) is -0.130. The van der Waals surface area contributed by atoms with E-state index in [2.05, 4.69) is 5.32 Å². The molecule has 2 N–H and O–H groups in total. The molecule has 1 unspecified atom stereocenters. The van der Waals surface area contributed by atoms with Crippen molar-refractivity contribution in [2.24, 2.45) is 5.92 Å². The van der Waals surface area contributed by atoms with Gasteiger partial charge < -0.3 is 19.9 Å². The lowest BCUT2D eigenvalue weighted by atomic mass is 9.94. The second kappa shape index (κ2) is 7.78. The van der Waals surface area contributed by atoms with Crippen LogP contribution in [0.4, 0.5) is 0 Å². The lowest BCUT2D eigenvalue weighted by Crippen LogP contribution is -2.71. The van der Waals surface area contributed by atoms with Crippen molar-refractivity contribution in [1.29, 1.82) is 0 Å². The summed E-state index contributed by atoms with van der Waals surface area (Å²) in [5.74, 6) is -2.02. The maximum Gasteiger partial charge on any atom is 0.352 e. The number of fused-ring (bicyclic) bond motifs is 1. The predicted octanol–water partition coefficient (Wildman–Crippen LogP) is 0.367. The van der Waals surface area contributed by atoms with E-state index in [4.69, 9.17) is 9.47 Å². The third-order valence-electron chi connectivity index (χ3n) is 4.98. The summed E-state index contributed by atoms with van der Waals surface area (Å²) >= 11 is 1.36. The number of esters is 1. The molecule has 9 nitrogen and oxygen atoms in total. The van der Waals surface area contributed by atoms with Crippen LogP contribution in [0.3, 0.4) is 0 Å². The Morgan fingerprint density at radius 2 is 2.03 bits per heavy atom. The summed E-state index contributed by atoms with van der Waals surface area (Å²) in [6, 6.07) is 7.99. The second-order valence-electron chi connectivity index (χ2n) is 6.82. The number of nitrogens with one attached hydrogen (secondary N) is 1. The Morgan fingerprint density at radius 1 is 1.28 bits per heavy atom. The Balaban J connectivity index is 1.42. The number of nitrogens with zero attached hydrogens (tertiary/aromatic N) is 1. The summed E-state index contributed by atoms with van der Waals surface area (Å²) in [5, 5.41) is 11.8. The molecule has 10 heteroatoms. The van der Waals surface area contributed by atoms with Gasteiger partial charge in [0.2, 0.25) is 0 Å². The summed E-state index contributed by atoms with van der Waals surface area (Å²) in [7, 11) is 0. The van der Waals surface area contributed by atoms with E-state index in [0.717, 1.165) is 0 Å². The number of para-hydroxylation sites is 1. The van der Waals surface area contributed by atoms with Crippen molar-refractivity contribution >= 4 is 35.5 Å². The van der Waals surface area contributed by atoms with Crippen LogP contribution in [0, 0.1) is 5.92 Å². The number of cyclic esters (lactones) is 1. The van der Waals surface area contributed by atoms with Crippen LogP contribution in [-0.2, 0) is 23.9 Å². The van der Waals surface area contributed by atoms with Crippen molar-refractivity contribution in [3.63, 3.8) is 0 Å². The minimum atomic E-state index is -1.23. The Kier molecular flexibility index (Phi) is 5.18. The lowest BCUT2D eigenvalue weighted by Gasteiger charge is -2.49. The fourth-order valence-electron chi connectivity index (χ4n) is 3.57. The largest absolute Gasteiger partial charge is 0.484 e. The van der Waals surface area contributed by atoms with E-state index in [-0.39, 0.29) is 37.2 Å². The molecule has 2 saturated heterocycles. The zero-order chi connectivity index (χ0) is 20.5. The van der Waals surface area contributed by atoms with Crippen molar-refractivity contribution in [2.75, 3.05) is 19.0 Å². The summed E-state index contributed by atoms with van der Waals surface area (Å²) < 4.78 is 10.3. The van der Waals surface area contributed by atoms with Gasteiger partial charge >= 0.3 is 11.9 Å². The molecule has 29 heavy (non-hydrogen) atoms. The van der Waals surface area contributed by atoms with E-state index in [1.165, 1.54) is 16.7 Å². The molecular formula is C19H18N2O7S. The van der Waals surface area contributed by atoms with Crippen LogP contribution in [-0.4, -0.2) is 64.1 Å². The van der Waals surface area contributed by atoms with Gasteiger partial charge in [0, 0.05) is 11.7 Å². The smallest absolute Gasteiger partial charge is 0.352 e. The second-order valence-corrected chi connectivity index (χ2v) is 7.92. The average molecular weight is 418 g/mol. The first-order chi connectivity index (χ1) is 14.0. The van der Waals surface area contributed by atoms with E-state index in [0.29, 0.717) is 17.1 Å². The van der Waals surface area contributed by atoms with Gasteiger partial charge in [-0.15, -0.1) is 11.8 Å². The number of hydrogen-bond donors (Lipinski definition) is 2. The number of amides is 2. The fourth-order valence-corrected chi connectivity index (χ4v) is 5.03. The molecule has 3 aliphatic rings. The Labute approximate surface area is 170 Å². The van der Waals surface area contributed by atoms with Crippen molar-refractivity contribution in [3.8, 4) is 5.75 Å². The summed E-state index contributed by atoms with van der Waals surface area (Å²) in [4.78, 5) is 49.2. The summed E-state index contributed by atoms with van der Waals surface area (Å²) in [5.41, 5.74) is 0.420. The van der Waals surface area contributed by atoms with Crippen LogP contribution < -0.4 is 10.1 Å². The first-order valence-electron chi connectivity index (χ1n) is 8.99. The third kappa shape index (κ3) is 3.67. The minimum absolute atomic E-state index is 0.104. The first kappa shape index (κ1) is 19.3. The Bertz CT molecular complexity index is 901. The molecule has 3 heterocycles. The van der Waals surface area contributed by atoms with Crippen LogP contribution in [0.5, 0.6) is 5.75 Å². The number of thioether (sulfide) groups is 1. The molecule has 0 spiro atoms. The molecule has 1 aromatic carbocycles. The van der Waals surface area contributed by atoms with E-state index in [9.17, 15) is 24.3 Å². The van der Waals surface area contributed by atoms with E-state index < -0.39 is 29.2 Å². The highest BCUT2D eigenvalue weighted by molar-refractivity contribution is 8.00. The SMILES string of the molecule is O=C(COc1ccccc1)N[C@@H]1C(=O)N2C(C(=O)O)=C(C3COC(=O)C3)CS[C@H]12. The van der Waals surface area contributed by atoms with Gasteiger partial charge in [0.25, 0.3) is 11.8 Å². The lowest BCUT2D eigenvalue weighted by molar-refractivity contribution is -0.151. The monoisotopic (exact) mass is 418 g/mol. The average Bonchev–Trinajstić information content (AvgIpc) is 3.16. The van der Waals surface area contributed by atoms with Crippen molar-refractivity contribution in [1.82, 2.24) is 10.2 Å². The third-order valence-corrected chi connectivity index (χ3v) is 6.28. The van der Waals surface area contributed by atoms with Crippen molar-refractivity contribution in [2.45, 2.75) is 17.8 Å². The number of ether oxygens (including phenoxy) is 2. The van der Waals surface area contributed by atoms with Gasteiger partial charge in [0.1, 0.15) is 22.9 Å². The molecule has 0 radical (unpaired) electrons. The summed E-state index contributed by atoms with van der Waals surface area (Å²) in [6.07, 6.45) is 0.107. The molecule has 0 saturated carbocycles. The van der Waals surface area contributed by atoms with Crippen molar-refractivity contribution < 1.29 is 33.8 Å². The number of carbonyl (C=O) groups excluding carboxylic acids is 3. The van der Waals surface area contributed by atoms with Gasteiger partial charge in [-0.2, -0.15) is 0 Å². The highest BCUT2D eigenvalue weighted by Gasteiger charge is 2.55. The Hall–Kier alpha value is -3.01. The van der Waals surface area contributed by atoms with Crippen LogP contribution >= 0.6 is 11.8 Å². The van der Waals surface area contributed by atoms with Gasteiger partial charge in [-0.1, -0.05) is 18.2 Å². The number of carbonyl (C=O) groups is 4. The zero-order valence-electron chi connectivity index (χ0n) is 15.2. The topological polar surface area (TPSA) is 122 Å². The molecular weight excluding hydrogens is 400 g/mol. The number of β-lactam (4-membered cyclic amide) rings is 1. The standard InChI is InChI=1S/C19H18N2O7S/c22-13(8-27-11-4-2-1-3-5-11)20-15-17(24)21-16(19(25)26)12(9-29-18(15)21)10-6-14(23)28-7-10/h1-5,10,15,18H,6-9H2,(H,20,22)(H,25,26)/t10?,15-,18-/m1/s1. The fraction of sp³-hybridized carbons (Fsp3) is 0.368. The highest BCUT2D eigenvalue weighted by Crippen LogP contribution is 2.43. The van der Waals surface area contributed by atoms with Gasteiger partial charge in [0.05, 0.1) is 13.0 Å². The van der Waals surface area contributed by atoms with E-state index in [1.807, 2.05) is 6.07 Å². The van der Waals surface area contributed by atoms with Crippen LogP contribution in [0.25, 0.3) is 0 Å². The van der Waals surface area contributed by atoms with Crippen LogP contribution in [0.1, 0.15) is 6.42 Å². The number of rotatable bonds is 6. The van der Waals surface area contributed by atoms with Gasteiger partial charge in [-0.25, -0.2) is 4.79 Å². The quantitative estimate of drug-likeness (QED) is 0.502. The molecule has 3 aliphatic heterocycles. The van der Waals surface area contributed by atoms with E-state index in [1.54, 1.807) is 24.3 Å². The number of hydrogen-bond acceptors (Lipinski definition) is 7. The molecule has 0 bridgehead atoms. The molecule has 4 rings (SSSR count). The zero-order valence-corrected chi connectivity index (χ0v) is 16.0. The predicted molar refractivity (Wildman–Crippen MR) is 101 cm³/mol. The van der Waals surface area contributed by atoms with Crippen molar-refractivity contribution in [3.05, 3.63) is 41.6 Å². The number of benzene rings is 1. The maximum absolute atomic E-state index is 12.6. The normalized spacial score (nSPS) is 25.8. The highest BCUT2D eigenvalue weighted by atomic mass is 32.2. The molecule has 0 aliphatic carbocycles. The van der Waals surface area contributed by atoms with E-state index >= 15 is 0 Å². The molecule has 152 valence electrons. The van der Waals surface area contributed by atoms with Gasteiger partial charge in [0.15, 0.2) is 6.61 Å². The van der Waals surface area contributed by atoms with Gasteiger partial charge in [-0.05, 0) is 17.7 Å². The number of aliphatic carboxylic acids is 1. The molecule has 3 atom stereocenters. The Morgan fingerprint density at radius 3 is 2.69 bits per heavy atom. The van der Waals surface area contributed by atoms with Crippen LogP contribution in [0.15, 0.2) is 41.6 Å². The molecule has 1 aromatic rings. The number of carboxylic acids is 1. The molecule has 0 aromatic heterocycles. The van der Waals surface area contributed by atoms with Gasteiger partial charge in [-0.3, -0.25) is 19.3 Å².